The van der Waals surface area contributed by atoms with Crippen molar-refractivity contribution in [1.82, 2.24) is 4.90 Å². The molecule has 0 N–H and O–H groups in total. The maximum absolute atomic E-state index is 2.59. The average Bonchev–Trinajstić information content (AvgIpc) is 2.59. The summed E-state index contributed by atoms with van der Waals surface area (Å²) in [6.07, 6.45) is 6.26. The fourth-order valence-electron chi connectivity index (χ4n) is 2.89. The summed E-state index contributed by atoms with van der Waals surface area (Å²) >= 11 is 0. The van der Waals surface area contributed by atoms with Gasteiger partial charge in [0.1, 0.15) is 0 Å². The first-order valence-electron chi connectivity index (χ1n) is 8.68. The van der Waals surface area contributed by atoms with Crippen LogP contribution in [-0.4, -0.2) is 24.5 Å². The van der Waals surface area contributed by atoms with E-state index in [1.54, 1.807) is 0 Å². The van der Waals surface area contributed by atoms with Crippen LogP contribution in [0.2, 0.25) is 0 Å². The molecule has 0 heterocycles. The molecular formula is C21H29N. The molecule has 0 atom stereocenters. The highest BCUT2D eigenvalue weighted by atomic mass is 15.1. The first kappa shape index (κ1) is 16.8. The van der Waals surface area contributed by atoms with Crippen LogP contribution in [0, 0.1) is 0 Å². The summed E-state index contributed by atoms with van der Waals surface area (Å²) in [5.41, 5.74) is 2.93. The molecule has 1 heteroatoms. The molecule has 0 aliphatic rings. The van der Waals surface area contributed by atoms with Crippen molar-refractivity contribution in [2.24, 2.45) is 0 Å². The van der Waals surface area contributed by atoms with Crippen LogP contribution in [0.15, 0.2) is 60.7 Å². The molecule has 118 valence electrons. The van der Waals surface area contributed by atoms with Gasteiger partial charge in [0.05, 0.1) is 0 Å². The zero-order chi connectivity index (χ0) is 15.5. The van der Waals surface area contributed by atoms with Gasteiger partial charge < -0.3 is 4.90 Å². The van der Waals surface area contributed by atoms with E-state index in [-0.39, 0.29) is 0 Å². The average molecular weight is 295 g/mol. The second-order valence-corrected chi connectivity index (χ2v) is 5.97. The lowest BCUT2D eigenvalue weighted by Gasteiger charge is -2.20. The Labute approximate surface area is 136 Å². The van der Waals surface area contributed by atoms with Gasteiger partial charge in [-0.15, -0.1) is 0 Å². The van der Waals surface area contributed by atoms with Crippen LogP contribution >= 0.6 is 0 Å². The van der Waals surface area contributed by atoms with E-state index in [1.807, 2.05) is 0 Å². The van der Waals surface area contributed by atoms with Crippen molar-refractivity contribution in [3.8, 4) is 0 Å². The molecule has 0 bridgehead atoms. The van der Waals surface area contributed by atoms with Gasteiger partial charge in [0.25, 0.3) is 0 Å². The van der Waals surface area contributed by atoms with Crippen molar-refractivity contribution in [1.29, 1.82) is 0 Å². The Morgan fingerprint density at radius 3 is 1.68 bits per heavy atom. The molecule has 2 aromatic carbocycles. The summed E-state index contributed by atoms with van der Waals surface area (Å²) in [7, 11) is 0. The van der Waals surface area contributed by atoms with Crippen LogP contribution in [0.4, 0.5) is 0 Å². The number of nitrogens with zero attached hydrogens (tertiary/aromatic N) is 1. The highest BCUT2D eigenvalue weighted by Crippen LogP contribution is 2.07. The second-order valence-electron chi connectivity index (χ2n) is 5.97. The van der Waals surface area contributed by atoms with E-state index in [4.69, 9.17) is 0 Å². The zero-order valence-electron chi connectivity index (χ0n) is 13.9. The Bertz CT molecular complexity index is 492. The summed E-state index contributed by atoms with van der Waals surface area (Å²) in [5, 5.41) is 0. The Morgan fingerprint density at radius 2 is 1.14 bits per heavy atom. The molecule has 2 aromatic rings. The van der Waals surface area contributed by atoms with Crippen LogP contribution in [0.3, 0.4) is 0 Å². The Kier molecular flexibility index (Phi) is 7.76. The predicted octanol–water partition coefficient (Wildman–Crippen LogP) is 4.96. The SMILES string of the molecule is CCN(CCCCc1ccccc1)CCCc1ccccc1. The molecule has 22 heavy (non-hydrogen) atoms. The van der Waals surface area contributed by atoms with Crippen molar-refractivity contribution in [2.45, 2.75) is 39.0 Å². The molecule has 0 aliphatic heterocycles. The normalized spacial score (nSPS) is 11.0. The molecule has 0 fully saturated rings. The van der Waals surface area contributed by atoms with E-state index in [2.05, 4.69) is 72.5 Å². The summed E-state index contributed by atoms with van der Waals surface area (Å²) in [6.45, 7) is 5.90. The van der Waals surface area contributed by atoms with Crippen LogP contribution < -0.4 is 0 Å². The summed E-state index contributed by atoms with van der Waals surface area (Å²) in [5.74, 6) is 0. The quantitative estimate of drug-likeness (QED) is 0.560. The number of hydrogen-bond donors (Lipinski definition) is 0. The van der Waals surface area contributed by atoms with E-state index in [0.29, 0.717) is 0 Å². The van der Waals surface area contributed by atoms with Gasteiger partial charge in [0.15, 0.2) is 0 Å². The van der Waals surface area contributed by atoms with Crippen molar-refractivity contribution >= 4 is 0 Å². The summed E-state index contributed by atoms with van der Waals surface area (Å²) in [4.78, 5) is 2.59. The lowest BCUT2D eigenvalue weighted by atomic mass is 10.1. The predicted molar refractivity (Wildman–Crippen MR) is 96.3 cm³/mol. The number of benzene rings is 2. The third kappa shape index (κ3) is 6.44. The molecule has 0 unspecified atom stereocenters. The van der Waals surface area contributed by atoms with E-state index < -0.39 is 0 Å². The van der Waals surface area contributed by atoms with E-state index >= 15 is 0 Å². The lowest BCUT2D eigenvalue weighted by molar-refractivity contribution is 0.278. The lowest BCUT2D eigenvalue weighted by Crippen LogP contribution is -2.26. The minimum Gasteiger partial charge on any atom is -0.304 e. The zero-order valence-corrected chi connectivity index (χ0v) is 13.9. The van der Waals surface area contributed by atoms with Crippen LogP contribution in [0.1, 0.15) is 37.3 Å². The van der Waals surface area contributed by atoms with Gasteiger partial charge in [-0.2, -0.15) is 0 Å². The highest BCUT2D eigenvalue weighted by molar-refractivity contribution is 5.15. The number of rotatable bonds is 10. The van der Waals surface area contributed by atoms with Crippen LogP contribution in [0.5, 0.6) is 0 Å². The molecule has 0 spiro atoms. The maximum Gasteiger partial charge on any atom is -0.00157 e. The smallest absolute Gasteiger partial charge is 0.00157 e. The summed E-state index contributed by atoms with van der Waals surface area (Å²) < 4.78 is 0. The van der Waals surface area contributed by atoms with E-state index in [1.165, 1.54) is 62.9 Å². The van der Waals surface area contributed by atoms with Gasteiger partial charge in [-0.25, -0.2) is 0 Å². The number of unbranched alkanes of at least 4 members (excludes halogenated alkanes) is 1. The molecule has 0 amide bonds. The molecule has 0 aliphatic carbocycles. The first-order chi connectivity index (χ1) is 10.9. The van der Waals surface area contributed by atoms with E-state index in [0.717, 1.165) is 0 Å². The fourth-order valence-corrected chi connectivity index (χ4v) is 2.89. The Balaban J connectivity index is 1.58. The first-order valence-corrected chi connectivity index (χ1v) is 8.68. The van der Waals surface area contributed by atoms with Gasteiger partial charge in [-0.1, -0.05) is 67.6 Å². The Morgan fingerprint density at radius 1 is 0.636 bits per heavy atom. The van der Waals surface area contributed by atoms with E-state index in [9.17, 15) is 0 Å². The molecule has 2 rings (SSSR count). The van der Waals surface area contributed by atoms with Crippen LogP contribution in [0.25, 0.3) is 0 Å². The van der Waals surface area contributed by atoms with Crippen molar-refractivity contribution < 1.29 is 0 Å². The second kappa shape index (κ2) is 10.2. The van der Waals surface area contributed by atoms with Crippen molar-refractivity contribution in [2.75, 3.05) is 19.6 Å². The molecular weight excluding hydrogens is 266 g/mol. The minimum absolute atomic E-state index is 1.17. The number of hydrogen-bond acceptors (Lipinski definition) is 1. The monoisotopic (exact) mass is 295 g/mol. The summed E-state index contributed by atoms with van der Waals surface area (Å²) in [6, 6.07) is 21.7. The minimum atomic E-state index is 1.17. The molecule has 0 radical (unpaired) electrons. The molecule has 0 saturated carbocycles. The van der Waals surface area contributed by atoms with Crippen LogP contribution in [-0.2, 0) is 12.8 Å². The third-order valence-electron chi connectivity index (χ3n) is 4.26. The van der Waals surface area contributed by atoms with Gasteiger partial charge in [-0.05, 0) is 62.9 Å². The van der Waals surface area contributed by atoms with Gasteiger partial charge >= 0.3 is 0 Å². The molecule has 1 nitrogen and oxygen atoms in total. The van der Waals surface area contributed by atoms with Crippen molar-refractivity contribution in [3.05, 3.63) is 71.8 Å². The fraction of sp³-hybridized carbons (Fsp3) is 0.429. The number of aryl methyl sites for hydroxylation is 2. The topological polar surface area (TPSA) is 3.24 Å². The standard InChI is InChI=1S/C21H29N/c1-2-22(19-11-17-21-14-7-4-8-15-21)18-10-9-16-20-12-5-3-6-13-20/h3-8,12-15H,2,9-11,16-19H2,1H3. The van der Waals surface area contributed by atoms with Gasteiger partial charge in [0, 0.05) is 0 Å². The van der Waals surface area contributed by atoms with Crippen molar-refractivity contribution in [3.63, 3.8) is 0 Å². The Hall–Kier alpha value is -1.60. The highest BCUT2D eigenvalue weighted by Gasteiger charge is 2.02. The third-order valence-corrected chi connectivity index (χ3v) is 4.26. The van der Waals surface area contributed by atoms with Gasteiger partial charge in [-0.3, -0.25) is 0 Å². The largest absolute Gasteiger partial charge is 0.304 e. The molecule has 0 saturated heterocycles. The van der Waals surface area contributed by atoms with Gasteiger partial charge in [0.2, 0.25) is 0 Å². The maximum atomic E-state index is 2.59. The molecule has 0 aromatic heterocycles.